The van der Waals surface area contributed by atoms with Gasteiger partial charge in [-0.25, -0.2) is 5.01 Å². The molecule has 27 heavy (non-hydrogen) atoms. The monoisotopic (exact) mass is 361 g/mol. The van der Waals surface area contributed by atoms with Gasteiger partial charge < -0.3 is 9.64 Å². The van der Waals surface area contributed by atoms with Crippen LogP contribution < -0.4 is 4.74 Å². The molecular weight excluding hydrogens is 338 g/mol. The molecule has 5 heteroatoms. The number of likely N-dealkylation sites (tertiary alicyclic amines) is 1. The Balaban J connectivity index is 1.54. The molecule has 1 amide bonds. The van der Waals surface area contributed by atoms with E-state index in [-0.39, 0.29) is 11.9 Å². The molecule has 1 saturated heterocycles. The summed E-state index contributed by atoms with van der Waals surface area (Å²) in [4.78, 5) is 13.7. The average molecular weight is 361 g/mol. The average Bonchev–Trinajstić information content (AvgIpc) is 3.16. The first kappa shape index (κ1) is 16.4. The summed E-state index contributed by atoms with van der Waals surface area (Å²) in [6.45, 7) is 3.05. The van der Waals surface area contributed by atoms with Crippen LogP contribution in [0.5, 0.6) is 5.75 Å². The van der Waals surface area contributed by atoms with Crippen LogP contribution in [0.15, 0.2) is 59.7 Å². The Kier molecular flexibility index (Phi) is 3.71. The Hall–Kier alpha value is -2.82. The van der Waals surface area contributed by atoms with Gasteiger partial charge in [0.25, 0.3) is 0 Å². The predicted octanol–water partition coefficient (Wildman–Crippen LogP) is 3.57. The van der Waals surface area contributed by atoms with Crippen molar-refractivity contribution in [2.24, 2.45) is 5.10 Å². The summed E-state index contributed by atoms with van der Waals surface area (Å²) in [7, 11) is 0. The van der Waals surface area contributed by atoms with Crippen molar-refractivity contribution in [1.82, 2.24) is 9.91 Å². The molecule has 2 aromatic carbocycles. The third kappa shape index (κ3) is 2.60. The van der Waals surface area contributed by atoms with E-state index in [0.29, 0.717) is 13.1 Å². The molecule has 0 radical (unpaired) electrons. The van der Waals surface area contributed by atoms with Gasteiger partial charge in [-0.15, -0.1) is 0 Å². The van der Waals surface area contributed by atoms with Crippen LogP contribution in [0.4, 0.5) is 0 Å². The Morgan fingerprint density at radius 1 is 1.07 bits per heavy atom. The molecule has 1 spiro atoms. The smallest absolute Gasteiger partial charge is 0.219 e. The highest BCUT2D eigenvalue weighted by molar-refractivity contribution is 6.01. The first-order valence-electron chi connectivity index (χ1n) is 9.62. The quantitative estimate of drug-likeness (QED) is 0.780. The Bertz CT molecular complexity index is 901. The van der Waals surface area contributed by atoms with Crippen LogP contribution in [0, 0.1) is 0 Å². The van der Waals surface area contributed by atoms with Gasteiger partial charge in [-0.1, -0.05) is 48.5 Å². The van der Waals surface area contributed by atoms with E-state index in [0.717, 1.165) is 30.7 Å². The fraction of sp³-hybridized carbons (Fsp3) is 0.364. The second kappa shape index (κ2) is 6.12. The third-order valence-corrected chi connectivity index (χ3v) is 6.00. The van der Waals surface area contributed by atoms with Crippen LogP contribution in [-0.2, 0) is 4.79 Å². The number of ether oxygens (including phenoxy) is 1. The number of nitrogens with zero attached hydrogens (tertiary/aromatic N) is 3. The highest BCUT2D eigenvalue weighted by Crippen LogP contribution is 2.49. The number of hydrazone groups is 1. The number of amides is 1. The van der Waals surface area contributed by atoms with Crippen LogP contribution in [0.3, 0.4) is 0 Å². The van der Waals surface area contributed by atoms with Crippen molar-refractivity contribution < 1.29 is 9.53 Å². The fourth-order valence-corrected chi connectivity index (χ4v) is 4.54. The van der Waals surface area contributed by atoms with Crippen LogP contribution in [0.25, 0.3) is 0 Å². The lowest BCUT2D eigenvalue weighted by Crippen LogP contribution is -2.59. The summed E-state index contributed by atoms with van der Waals surface area (Å²) in [5.41, 5.74) is 3.00. The molecule has 2 aromatic rings. The minimum Gasteiger partial charge on any atom is -0.466 e. The van der Waals surface area contributed by atoms with E-state index in [4.69, 9.17) is 9.84 Å². The zero-order chi connectivity index (χ0) is 18.4. The van der Waals surface area contributed by atoms with Crippen molar-refractivity contribution in [2.75, 3.05) is 13.1 Å². The molecule has 3 aliphatic rings. The molecule has 0 bridgehead atoms. The van der Waals surface area contributed by atoms with E-state index >= 15 is 0 Å². The van der Waals surface area contributed by atoms with Gasteiger partial charge >= 0.3 is 0 Å². The minimum absolute atomic E-state index is 0.132. The van der Waals surface area contributed by atoms with Crippen LogP contribution >= 0.6 is 0 Å². The van der Waals surface area contributed by atoms with Gasteiger partial charge in [-0.05, 0) is 11.6 Å². The zero-order valence-corrected chi connectivity index (χ0v) is 15.5. The number of benzene rings is 2. The van der Waals surface area contributed by atoms with Gasteiger partial charge in [0.05, 0.1) is 11.8 Å². The summed E-state index contributed by atoms with van der Waals surface area (Å²) in [6, 6.07) is 18.9. The molecular formula is C22H23N3O2. The summed E-state index contributed by atoms with van der Waals surface area (Å²) in [6.07, 6.45) is 2.41. The Labute approximate surface area is 159 Å². The molecule has 138 valence electrons. The molecule has 0 N–H and O–H groups in total. The van der Waals surface area contributed by atoms with Crippen molar-refractivity contribution in [1.29, 1.82) is 0 Å². The van der Waals surface area contributed by atoms with E-state index in [1.807, 2.05) is 17.0 Å². The maximum Gasteiger partial charge on any atom is 0.219 e. The van der Waals surface area contributed by atoms with E-state index in [9.17, 15) is 4.79 Å². The Morgan fingerprint density at radius 3 is 2.52 bits per heavy atom. The number of fused-ring (bicyclic) bond motifs is 4. The topological polar surface area (TPSA) is 45.1 Å². The van der Waals surface area contributed by atoms with Crippen molar-refractivity contribution in [3.63, 3.8) is 0 Å². The number of piperidine rings is 1. The first-order valence-corrected chi connectivity index (χ1v) is 9.62. The molecule has 1 fully saturated rings. The summed E-state index contributed by atoms with van der Waals surface area (Å²) in [5, 5.41) is 7.24. The largest absolute Gasteiger partial charge is 0.466 e. The van der Waals surface area contributed by atoms with Crippen molar-refractivity contribution >= 4 is 11.6 Å². The van der Waals surface area contributed by atoms with E-state index in [1.54, 1.807) is 6.92 Å². The standard InChI is InChI=1S/C22H23N3O2/c1-16(26)24-13-11-22(12-14-24)25-20(18-9-5-6-10-21(18)27-22)15-19(23-25)17-7-3-2-4-8-17/h2-10,20H,11-15H2,1H3. The number of carbonyl (C=O) groups excluding carboxylic acids is 1. The molecule has 1 unspecified atom stereocenters. The predicted molar refractivity (Wildman–Crippen MR) is 103 cm³/mol. The van der Waals surface area contributed by atoms with E-state index < -0.39 is 5.72 Å². The van der Waals surface area contributed by atoms with E-state index in [2.05, 4.69) is 47.5 Å². The van der Waals surface area contributed by atoms with Gasteiger partial charge in [0.2, 0.25) is 11.6 Å². The van der Waals surface area contributed by atoms with Gasteiger partial charge in [-0.2, -0.15) is 5.10 Å². The highest BCUT2D eigenvalue weighted by Gasteiger charge is 2.51. The summed E-state index contributed by atoms with van der Waals surface area (Å²) >= 11 is 0. The van der Waals surface area contributed by atoms with Gasteiger partial charge in [0.1, 0.15) is 5.75 Å². The normalized spacial score (nSPS) is 22.7. The lowest BCUT2D eigenvalue weighted by atomic mass is 9.90. The molecule has 0 aromatic heterocycles. The summed E-state index contributed by atoms with van der Waals surface area (Å²) in [5.74, 6) is 1.09. The number of carbonyl (C=O) groups is 1. The number of rotatable bonds is 1. The van der Waals surface area contributed by atoms with Gasteiger partial charge in [-0.3, -0.25) is 4.79 Å². The first-order chi connectivity index (χ1) is 13.2. The fourth-order valence-electron chi connectivity index (χ4n) is 4.54. The number of para-hydroxylation sites is 1. The molecule has 5 nitrogen and oxygen atoms in total. The van der Waals surface area contributed by atoms with Gasteiger partial charge in [0.15, 0.2) is 0 Å². The van der Waals surface area contributed by atoms with Crippen molar-refractivity contribution in [2.45, 2.75) is 38.0 Å². The maximum absolute atomic E-state index is 11.8. The summed E-state index contributed by atoms with van der Waals surface area (Å²) < 4.78 is 6.57. The molecule has 3 heterocycles. The third-order valence-electron chi connectivity index (χ3n) is 6.00. The van der Waals surface area contributed by atoms with Crippen LogP contribution in [0.2, 0.25) is 0 Å². The molecule has 0 aliphatic carbocycles. The van der Waals surface area contributed by atoms with Crippen molar-refractivity contribution in [3.8, 4) is 5.75 Å². The SMILES string of the molecule is CC(=O)N1CCC2(CC1)Oc1ccccc1C1CC(c3ccccc3)=NN12. The van der Waals surface area contributed by atoms with E-state index in [1.165, 1.54) is 11.1 Å². The lowest BCUT2D eigenvalue weighted by molar-refractivity contribution is -0.158. The Morgan fingerprint density at radius 2 is 1.78 bits per heavy atom. The van der Waals surface area contributed by atoms with Crippen LogP contribution in [-0.4, -0.2) is 40.3 Å². The maximum atomic E-state index is 11.8. The highest BCUT2D eigenvalue weighted by atomic mass is 16.5. The number of hydrogen-bond acceptors (Lipinski definition) is 4. The molecule has 1 atom stereocenters. The zero-order valence-electron chi connectivity index (χ0n) is 15.5. The molecule has 0 saturated carbocycles. The molecule has 3 aliphatic heterocycles. The molecule has 5 rings (SSSR count). The lowest BCUT2D eigenvalue weighted by Gasteiger charge is -2.51. The second-order valence-electron chi connectivity index (χ2n) is 7.57. The minimum atomic E-state index is -0.471. The van der Waals surface area contributed by atoms with Crippen molar-refractivity contribution in [3.05, 3.63) is 65.7 Å². The second-order valence-corrected chi connectivity index (χ2v) is 7.57. The number of hydrogen-bond donors (Lipinski definition) is 0. The van der Waals surface area contributed by atoms with Gasteiger partial charge in [0, 0.05) is 44.8 Å². The van der Waals surface area contributed by atoms with Crippen LogP contribution in [0.1, 0.15) is 43.4 Å².